The quantitative estimate of drug-likeness (QED) is 0.783. The van der Waals surface area contributed by atoms with Crippen molar-refractivity contribution in [3.8, 4) is 0 Å². The molecule has 2 aliphatic rings. The van der Waals surface area contributed by atoms with Crippen molar-refractivity contribution in [2.24, 2.45) is 0 Å². The number of rotatable bonds is 5. The van der Waals surface area contributed by atoms with E-state index in [1.807, 2.05) is 6.92 Å². The van der Waals surface area contributed by atoms with Crippen LogP contribution in [-0.4, -0.2) is 29.9 Å². The van der Waals surface area contributed by atoms with Crippen LogP contribution in [-0.2, 0) is 21.4 Å². The molecule has 1 aromatic carbocycles. The number of fused-ring (bicyclic) bond motifs is 1. The van der Waals surface area contributed by atoms with Crippen molar-refractivity contribution in [3.63, 3.8) is 0 Å². The lowest BCUT2D eigenvalue weighted by Gasteiger charge is -2.27. The van der Waals surface area contributed by atoms with Crippen LogP contribution in [0.3, 0.4) is 0 Å². The Morgan fingerprint density at radius 1 is 1.25 bits per heavy atom. The lowest BCUT2D eigenvalue weighted by molar-refractivity contribution is -0.116. The van der Waals surface area contributed by atoms with E-state index in [-0.39, 0.29) is 28.6 Å². The van der Waals surface area contributed by atoms with Crippen LogP contribution < -0.4 is 5.32 Å². The number of carbonyl (C=O) groups is 1. The molecule has 150 valence electrons. The van der Waals surface area contributed by atoms with Crippen LogP contribution in [0.4, 0.5) is 5.69 Å². The standard InChI is InChI=1S/C20H24N2O4S2/c1-14-11-20(23)21-18-12-17(8-9-19(18)27-14)28(24,25)22(15-5-2-3-6-15)13-16-7-4-10-26-16/h4,7-10,12,14-15H,2-3,5-6,11,13H2,1H3,(H,21,23). The average molecular weight is 421 g/mol. The predicted molar refractivity (Wildman–Crippen MR) is 109 cm³/mol. The smallest absolute Gasteiger partial charge is 0.243 e. The summed E-state index contributed by atoms with van der Waals surface area (Å²) < 4.78 is 34.0. The number of amides is 1. The number of thioether (sulfide) groups is 1. The molecule has 2 heterocycles. The number of sulfonamides is 1. The van der Waals surface area contributed by atoms with Crippen LogP contribution in [0, 0.1) is 0 Å². The molecule has 1 atom stereocenters. The van der Waals surface area contributed by atoms with Crippen molar-refractivity contribution < 1.29 is 17.6 Å². The molecule has 2 aromatic rings. The summed E-state index contributed by atoms with van der Waals surface area (Å²) in [6, 6.07) is 8.58. The van der Waals surface area contributed by atoms with Gasteiger partial charge in [-0.25, -0.2) is 8.42 Å². The maximum Gasteiger partial charge on any atom is 0.243 e. The molecular formula is C20H24N2O4S2. The summed E-state index contributed by atoms with van der Waals surface area (Å²) >= 11 is 1.59. The molecule has 0 radical (unpaired) electrons. The van der Waals surface area contributed by atoms with Crippen molar-refractivity contribution in [3.05, 3.63) is 42.4 Å². The Labute approximate surface area is 169 Å². The fourth-order valence-electron chi connectivity index (χ4n) is 3.88. The molecule has 1 N–H and O–H groups in total. The number of benzene rings is 1. The first-order valence-electron chi connectivity index (χ1n) is 9.58. The Bertz CT molecular complexity index is 951. The van der Waals surface area contributed by atoms with E-state index in [0.717, 1.165) is 30.6 Å². The van der Waals surface area contributed by atoms with E-state index >= 15 is 0 Å². The molecule has 0 bridgehead atoms. The number of hydrogen-bond donors (Lipinski definition) is 1. The zero-order chi connectivity index (χ0) is 19.7. The Hall–Kier alpha value is -1.77. The first kappa shape index (κ1) is 19.5. The van der Waals surface area contributed by atoms with E-state index in [2.05, 4.69) is 5.32 Å². The molecule has 0 spiro atoms. The highest BCUT2D eigenvalue weighted by Gasteiger charge is 2.34. The van der Waals surface area contributed by atoms with Gasteiger partial charge in [-0.2, -0.15) is 4.31 Å². The van der Waals surface area contributed by atoms with Gasteiger partial charge in [0.05, 0.1) is 23.4 Å². The molecule has 1 aliphatic heterocycles. The third-order valence-corrected chi connectivity index (χ3v) is 8.33. The second-order valence-corrected chi connectivity index (χ2v) is 10.8. The molecule has 6 nitrogen and oxygen atoms in total. The molecule has 1 fully saturated rings. The van der Waals surface area contributed by atoms with Crippen molar-refractivity contribution in [1.29, 1.82) is 0 Å². The van der Waals surface area contributed by atoms with Gasteiger partial charge in [-0.05, 0) is 43.2 Å². The Morgan fingerprint density at radius 3 is 2.75 bits per heavy atom. The maximum absolute atomic E-state index is 13.5. The average Bonchev–Trinajstić information content (AvgIpc) is 3.31. The van der Waals surface area contributed by atoms with Crippen LogP contribution >= 0.6 is 11.8 Å². The lowest BCUT2D eigenvalue weighted by atomic mass is 10.2. The van der Waals surface area contributed by atoms with Gasteiger partial charge in [-0.3, -0.25) is 4.79 Å². The topological polar surface area (TPSA) is 79.6 Å². The summed E-state index contributed by atoms with van der Waals surface area (Å²) in [6.07, 6.45) is 5.75. The summed E-state index contributed by atoms with van der Waals surface area (Å²) in [7, 11) is -3.72. The highest BCUT2D eigenvalue weighted by molar-refractivity contribution is 8.00. The Morgan fingerprint density at radius 2 is 2.04 bits per heavy atom. The number of hydrogen-bond acceptors (Lipinski definition) is 5. The molecule has 1 amide bonds. The van der Waals surface area contributed by atoms with E-state index in [9.17, 15) is 13.2 Å². The van der Waals surface area contributed by atoms with Gasteiger partial charge in [-0.15, -0.1) is 11.8 Å². The molecule has 1 unspecified atom stereocenters. The van der Waals surface area contributed by atoms with E-state index in [1.165, 1.54) is 0 Å². The summed E-state index contributed by atoms with van der Waals surface area (Å²) in [5.74, 6) is 0.541. The van der Waals surface area contributed by atoms with E-state index < -0.39 is 10.0 Å². The predicted octanol–water partition coefficient (Wildman–Crippen LogP) is 4.24. The molecular weight excluding hydrogens is 396 g/mol. The van der Waals surface area contributed by atoms with Gasteiger partial charge in [0.25, 0.3) is 0 Å². The zero-order valence-corrected chi connectivity index (χ0v) is 17.4. The van der Waals surface area contributed by atoms with Crippen LogP contribution in [0.2, 0.25) is 0 Å². The van der Waals surface area contributed by atoms with Gasteiger partial charge in [0.1, 0.15) is 5.76 Å². The molecule has 8 heteroatoms. The normalized spacial score (nSPS) is 20.8. The minimum atomic E-state index is -3.72. The van der Waals surface area contributed by atoms with Crippen molar-refractivity contribution in [2.45, 2.75) is 66.7 Å². The number of carbonyl (C=O) groups excluding carboxylic acids is 1. The molecule has 4 rings (SSSR count). The summed E-state index contributed by atoms with van der Waals surface area (Å²) in [5.41, 5.74) is 0.574. The largest absolute Gasteiger partial charge is 0.468 e. The first-order valence-corrected chi connectivity index (χ1v) is 11.9. The number of nitrogens with one attached hydrogen (secondary N) is 1. The fourth-order valence-corrected chi connectivity index (χ4v) is 6.61. The number of nitrogens with zero attached hydrogens (tertiary/aromatic N) is 1. The first-order chi connectivity index (χ1) is 13.4. The highest BCUT2D eigenvalue weighted by Crippen LogP contribution is 2.38. The summed E-state index contributed by atoms with van der Waals surface area (Å²) in [5, 5.41) is 3.01. The lowest BCUT2D eigenvalue weighted by Crippen LogP contribution is -2.38. The second kappa shape index (κ2) is 7.93. The third-order valence-electron chi connectivity index (χ3n) is 5.26. The third kappa shape index (κ3) is 3.99. The van der Waals surface area contributed by atoms with Crippen molar-refractivity contribution in [2.75, 3.05) is 5.32 Å². The monoisotopic (exact) mass is 420 g/mol. The van der Waals surface area contributed by atoms with Gasteiger partial charge < -0.3 is 9.73 Å². The summed E-state index contributed by atoms with van der Waals surface area (Å²) in [6.45, 7) is 2.21. The molecule has 0 saturated heterocycles. The van der Waals surface area contributed by atoms with Gasteiger partial charge in [-0.1, -0.05) is 19.8 Å². The van der Waals surface area contributed by atoms with Crippen molar-refractivity contribution in [1.82, 2.24) is 4.31 Å². The number of furan rings is 1. The fraction of sp³-hybridized carbons (Fsp3) is 0.450. The van der Waals surface area contributed by atoms with Crippen LogP contribution in [0.15, 0.2) is 50.8 Å². The van der Waals surface area contributed by atoms with Crippen LogP contribution in [0.25, 0.3) is 0 Å². The summed E-state index contributed by atoms with van der Waals surface area (Å²) in [4.78, 5) is 13.2. The van der Waals surface area contributed by atoms with Gasteiger partial charge in [0, 0.05) is 22.6 Å². The van der Waals surface area contributed by atoms with Crippen LogP contribution in [0.1, 0.15) is 44.8 Å². The van der Waals surface area contributed by atoms with Crippen molar-refractivity contribution >= 4 is 33.4 Å². The van der Waals surface area contributed by atoms with E-state index in [4.69, 9.17) is 4.42 Å². The Kier molecular flexibility index (Phi) is 5.53. The molecule has 28 heavy (non-hydrogen) atoms. The minimum Gasteiger partial charge on any atom is -0.468 e. The molecule has 1 saturated carbocycles. The van der Waals surface area contributed by atoms with Gasteiger partial charge >= 0.3 is 0 Å². The van der Waals surface area contributed by atoms with E-state index in [1.54, 1.807) is 52.7 Å². The minimum absolute atomic E-state index is 0.0297. The highest BCUT2D eigenvalue weighted by atomic mass is 32.2. The SMILES string of the molecule is CC1CC(=O)Nc2cc(S(=O)(=O)N(Cc3ccco3)C3CCCC3)ccc2S1. The van der Waals surface area contributed by atoms with Gasteiger partial charge in [0.15, 0.2) is 0 Å². The molecule has 1 aromatic heterocycles. The molecule has 1 aliphatic carbocycles. The van der Waals surface area contributed by atoms with Gasteiger partial charge in [0.2, 0.25) is 15.9 Å². The number of anilines is 1. The maximum atomic E-state index is 13.5. The Balaban J connectivity index is 1.69. The van der Waals surface area contributed by atoms with E-state index in [0.29, 0.717) is 17.9 Å². The van der Waals surface area contributed by atoms with Crippen LogP contribution in [0.5, 0.6) is 0 Å². The zero-order valence-electron chi connectivity index (χ0n) is 15.8. The second-order valence-electron chi connectivity index (χ2n) is 7.41.